The number of fused-ring (bicyclic) bond motifs is 1. The average Bonchev–Trinajstić information content (AvgIpc) is 3.34. The van der Waals surface area contributed by atoms with Gasteiger partial charge in [0.25, 0.3) is 0 Å². The number of halogens is 1. The zero-order valence-electron chi connectivity index (χ0n) is 20.8. The zero-order chi connectivity index (χ0) is 25.6. The normalized spacial score (nSPS) is 12.1. The number of carbonyl (C=O) groups is 1. The number of nitrogens with one attached hydrogen (secondary N) is 1. The van der Waals surface area contributed by atoms with Crippen molar-refractivity contribution in [2.75, 3.05) is 6.54 Å². The minimum atomic E-state index is -0.460. The number of aryl methyl sites for hydroxylation is 1. The van der Waals surface area contributed by atoms with Crippen LogP contribution in [-0.2, 0) is 4.79 Å². The van der Waals surface area contributed by atoms with Gasteiger partial charge in [0, 0.05) is 37.2 Å². The Morgan fingerprint density at radius 2 is 1.54 bits per heavy atom. The second-order valence-electron chi connectivity index (χ2n) is 9.41. The first-order valence-corrected chi connectivity index (χ1v) is 12.6. The van der Waals surface area contributed by atoms with Crippen molar-refractivity contribution in [2.24, 2.45) is 0 Å². The summed E-state index contributed by atoms with van der Waals surface area (Å²) in [4.78, 5) is 17.7. The highest BCUT2D eigenvalue weighted by atomic mass is 19.1. The van der Waals surface area contributed by atoms with Crippen molar-refractivity contribution in [3.05, 3.63) is 143 Å². The summed E-state index contributed by atoms with van der Waals surface area (Å²) in [5.74, 6) is -0.726. The van der Waals surface area contributed by atoms with Crippen LogP contribution in [-0.4, -0.2) is 21.8 Å². The van der Waals surface area contributed by atoms with E-state index in [1.165, 1.54) is 17.2 Å². The predicted molar refractivity (Wildman–Crippen MR) is 145 cm³/mol. The molecule has 0 aliphatic heterocycles. The highest BCUT2D eigenvalue weighted by Gasteiger charge is 2.24. The third-order valence-electron chi connectivity index (χ3n) is 6.88. The van der Waals surface area contributed by atoms with E-state index in [2.05, 4.69) is 34.6 Å². The highest BCUT2D eigenvalue weighted by Crippen LogP contribution is 2.31. The van der Waals surface area contributed by atoms with Crippen molar-refractivity contribution in [2.45, 2.75) is 31.6 Å². The number of rotatable bonds is 9. The topological polar surface area (TPSA) is 46.4 Å². The van der Waals surface area contributed by atoms with Gasteiger partial charge in [-0.15, -0.1) is 0 Å². The first kappa shape index (κ1) is 24.4. The molecule has 1 N–H and O–H groups in total. The maximum absolute atomic E-state index is 14.9. The van der Waals surface area contributed by atoms with Crippen LogP contribution in [0.4, 0.5) is 4.39 Å². The lowest BCUT2D eigenvalue weighted by Crippen LogP contribution is -2.28. The molecule has 5 aromatic rings. The standard InChI is InChI=1S/C32H30FN3O/c1-23-17-19-36-30(22-35-31(36)20-23)28(27-14-8-9-15-29(27)33)21-32(37)34-18-16-26(24-10-4-2-5-11-24)25-12-6-3-7-13-25/h2-15,17,19-20,22,26,28H,16,18,21H2,1H3,(H,34,37). The molecule has 37 heavy (non-hydrogen) atoms. The number of hydrogen-bond donors (Lipinski definition) is 1. The van der Waals surface area contributed by atoms with Gasteiger partial charge >= 0.3 is 0 Å². The van der Waals surface area contributed by atoms with E-state index in [4.69, 9.17) is 0 Å². The third kappa shape index (κ3) is 5.61. The third-order valence-corrected chi connectivity index (χ3v) is 6.88. The SMILES string of the molecule is Cc1ccn2c(C(CC(=O)NCCC(c3ccccc3)c3ccccc3)c3ccccc3F)cnc2c1. The van der Waals surface area contributed by atoms with Gasteiger partial charge in [-0.1, -0.05) is 78.9 Å². The molecule has 5 rings (SSSR count). The fourth-order valence-corrected chi connectivity index (χ4v) is 5.00. The number of aromatic nitrogens is 2. The van der Waals surface area contributed by atoms with Crippen LogP contribution in [0.1, 0.15) is 52.6 Å². The van der Waals surface area contributed by atoms with E-state index in [1.807, 2.05) is 66.1 Å². The van der Waals surface area contributed by atoms with Crippen molar-refractivity contribution in [3.63, 3.8) is 0 Å². The summed E-state index contributed by atoms with van der Waals surface area (Å²) in [6.07, 6.45) is 4.58. The van der Waals surface area contributed by atoms with Crippen molar-refractivity contribution in [1.82, 2.24) is 14.7 Å². The second-order valence-corrected chi connectivity index (χ2v) is 9.41. The Labute approximate surface area is 216 Å². The summed E-state index contributed by atoms with van der Waals surface area (Å²) >= 11 is 0. The first-order valence-electron chi connectivity index (χ1n) is 12.6. The Balaban J connectivity index is 1.34. The van der Waals surface area contributed by atoms with Gasteiger partial charge in [-0.3, -0.25) is 4.79 Å². The first-order chi connectivity index (χ1) is 18.1. The number of carbonyl (C=O) groups excluding carboxylic acids is 1. The number of benzene rings is 3. The molecule has 1 atom stereocenters. The van der Waals surface area contributed by atoms with E-state index in [9.17, 15) is 9.18 Å². The summed E-state index contributed by atoms with van der Waals surface area (Å²) in [5, 5.41) is 3.10. The van der Waals surface area contributed by atoms with E-state index in [0.717, 1.165) is 23.3 Å². The maximum atomic E-state index is 14.9. The molecule has 2 heterocycles. The van der Waals surface area contributed by atoms with Gasteiger partial charge < -0.3 is 9.72 Å². The largest absolute Gasteiger partial charge is 0.356 e. The van der Waals surface area contributed by atoms with Crippen LogP contribution in [0.25, 0.3) is 5.65 Å². The summed E-state index contributed by atoms with van der Waals surface area (Å²) in [5.41, 5.74) is 5.59. The molecule has 2 aromatic heterocycles. The Bertz CT molecular complexity index is 1440. The van der Waals surface area contributed by atoms with Crippen molar-refractivity contribution < 1.29 is 9.18 Å². The minimum Gasteiger partial charge on any atom is -0.356 e. The number of nitrogens with zero attached hydrogens (tertiary/aromatic N) is 2. The fraction of sp³-hybridized carbons (Fsp3) is 0.188. The summed E-state index contributed by atoms with van der Waals surface area (Å²) in [6, 6.07) is 31.3. The lowest BCUT2D eigenvalue weighted by Gasteiger charge is -2.20. The van der Waals surface area contributed by atoms with Crippen LogP contribution < -0.4 is 5.32 Å². The second kappa shape index (κ2) is 11.2. The molecular formula is C32H30FN3O. The summed E-state index contributed by atoms with van der Waals surface area (Å²) < 4.78 is 16.9. The quantitative estimate of drug-likeness (QED) is 0.251. The Kier molecular flexibility index (Phi) is 7.41. The average molecular weight is 492 g/mol. The fourth-order valence-electron chi connectivity index (χ4n) is 5.00. The van der Waals surface area contributed by atoms with Gasteiger partial charge in [0.15, 0.2) is 0 Å². The van der Waals surface area contributed by atoms with Crippen molar-refractivity contribution in [3.8, 4) is 0 Å². The van der Waals surface area contributed by atoms with Gasteiger partial charge in [0.1, 0.15) is 11.5 Å². The van der Waals surface area contributed by atoms with Gasteiger partial charge in [-0.05, 0) is 53.8 Å². The molecule has 0 radical (unpaired) electrons. The molecule has 0 aliphatic rings. The molecule has 5 heteroatoms. The van der Waals surface area contributed by atoms with Crippen LogP contribution in [0, 0.1) is 12.7 Å². The van der Waals surface area contributed by atoms with Crippen molar-refractivity contribution >= 4 is 11.6 Å². The number of pyridine rings is 1. The van der Waals surface area contributed by atoms with Crippen LogP contribution in [0.5, 0.6) is 0 Å². The number of hydrogen-bond acceptors (Lipinski definition) is 2. The molecule has 186 valence electrons. The van der Waals surface area contributed by atoms with Crippen LogP contribution in [0.3, 0.4) is 0 Å². The molecular weight excluding hydrogens is 461 g/mol. The number of amides is 1. The molecule has 3 aromatic carbocycles. The minimum absolute atomic E-state index is 0.116. The molecule has 1 unspecified atom stereocenters. The lowest BCUT2D eigenvalue weighted by atomic mass is 9.88. The van der Waals surface area contributed by atoms with E-state index in [-0.39, 0.29) is 24.1 Å². The smallest absolute Gasteiger partial charge is 0.221 e. The molecule has 0 spiro atoms. The number of imidazole rings is 1. The Morgan fingerprint density at radius 3 is 2.22 bits per heavy atom. The molecule has 0 saturated heterocycles. The molecule has 0 saturated carbocycles. The van der Waals surface area contributed by atoms with E-state index in [0.29, 0.717) is 12.1 Å². The van der Waals surface area contributed by atoms with Crippen LogP contribution >= 0.6 is 0 Å². The Morgan fingerprint density at radius 1 is 0.892 bits per heavy atom. The lowest BCUT2D eigenvalue weighted by molar-refractivity contribution is -0.121. The van der Waals surface area contributed by atoms with Crippen LogP contribution in [0.15, 0.2) is 109 Å². The van der Waals surface area contributed by atoms with Gasteiger partial charge in [-0.25, -0.2) is 9.37 Å². The predicted octanol–water partition coefficient (Wildman–Crippen LogP) is 6.64. The molecule has 0 bridgehead atoms. The molecule has 0 aliphatic carbocycles. The van der Waals surface area contributed by atoms with Crippen LogP contribution in [0.2, 0.25) is 0 Å². The summed E-state index contributed by atoms with van der Waals surface area (Å²) in [6.45, 7) is 2.53. The van der Waals surface area contributed by atoms with Gasteiger partial charge in [-0.2, -0.15) is 0 Å². The monoisotopic (exact) mass is 491 g/mol. The van der Waals surface area contributed by atoms with E-state index < -0.39 is 5.92 Å². The summed E-state index contributed by atoms with van der Waals surface area (Å²) in [7, 11) is 0. The highest BCUT2D eigenvalue weighted by molar-refractivity contribution is 5.77. The zero-order valence-corrected chi connectivity index (χ0v) is 20.8. The Hall–Kier alpha value is -4.25. The van der Waals surface area contributed by atoms with Gasteiger partial charge in [0.05, 0.1) is 5.69 Å². The molecule has 1 amide bonds. The van der Waals surface area contributed by atoms with Gasteiger partial charge in [0.2, 0.25) is 5.91 Å². The molecule has 0 fully saturated rings. The van der Waals surface area contributed by atoms with E-state index in [1.54, 1.807) is 24.4 Å². The van der Waals surface area contributed by atoms with Crippen molar-refractivity contribution in [1.29, 1.82) is 0 Å². The van der Waals surface area contributed by atoms with E-state index >= 15 is 0 Å². The maximum Gasteiger partial charge on any atom is 0.221 e. The molecule has 4 nitrogen and oxygen atoms in total.